The van der Waals surface area contributed by atoms with E-state index in [0.29, 0.717) is 11.8 Å². The van der Waals surface area contributed by atoms with E-state index in [1.807, 2.05) is 6.20 Å². The summed E-state index contributed by atoms with van der Waals surface area (Å²) in [4.78, 5) is 5.59. The minimum absolute atomic E-state index is 0.639. The van der Waals surface area contributed by atoms with Crippen LogP contribution in [0.1, 0.15) is 126 Å². The fraction of sp³-hybridized carbons (Fsp3) is 0.621. The molecule has 0 bridgehead atoms. The second-order valence-corrected chi connectivity index (χ2v) is 10.5. The third-order valence-corrected chi connectivity index (χ3v) is 7.91. The zero-order chi connectivity index (χ0) is 22.6. The van der Waals surface area contributed by atoms with Gasteiger partial charge in [-0.25, -0.2) is 4.98 Å². The number of hydrogen-bond acceptors (Lipinski definition) is 2. The molecule has 0 fully saturated rings. The highest BCUT2D eigenvalue weighted by Crippen LogP contribution is 2.32. The lowest BCUT2D eigenvalue weighted by atomic mass is 9.89. The lowest BCUT2D eigenvalue weighted by molar-refractivity contribution is 0.501. The van der Waals surface area contributed by atoms with Crippen LogP contribution in [-0.2, 0) is 6.42 Å². The molecule has 32 heavy (non-hydrogen) atoms. The molecule has 0 saturated heterocycles. The monoisotopic (exact) mass is 452 g/mol. The predicted octanol–water partition coefficient (Wildman–Crippen LogP) is 9.55. The number of nitrogens with zero attached hydrogens (tertiary/aromatic N) is 2. The Morgan fingerprint density at radius 1 is 0.844 bits per heavy atom. The molecule has 0 aliphatic heterocycles. The van der Waals surface area contributed by atoms with Gasteiger partial charge in [-0.05, 0) is 49.1 Å². The van der Waals surface area contributed by atoms with Gasteiger partial charge < -0.3 is 0 Å². The van der Waals surface area contributed by atoms with E-state index in [2.05, 4.69) is 66.0 Å². The van der Waals surface area contributed by atoms with Gasteiger partial charge in [0.1, 0.15) is 0 Å². The van der Waals surface area contributed by atoms with Gasteiger partial charge in [-0.2, -0.15) is 0 Å². The van der Waals surface area contributed by atoms with Crippen molar-refractivity contribution in [3.8, 4) is 0 Å². The first-order valence-corrected chi connectivity index (χ1v) is 14.1. The van der Waals surface area contributed by atoms with Crippen LogP contribution in [0, 0.1) is 0 Å². The largest absolute Gasteiger partial charge is 0.294 e. The smallest absolute Gasteiger partial charge is 0.193 e. The van der Waals surface area contributed by atoms with Crippen molar-refractivity contribution >= 4 is 16.3 Å². The SMILES string of the molecule is CCCCCCCCCc1ccc(C(C)CCCC(CCC)c2csc3nccn23)cc1. The molecule has 2 aromatic heterocycles. The van der Waals surface area contributed by atoms with Crippen molar-refractivity contribution in [1.82, 2.24) is 9.38 Å². The average Bonchev–Trinajstić information content (AvgIpc) is 3.42. The number of thiazole rings is 1. The van der Waals surface area contributed by atoms with E-state index in [0.717, 1.165) is 4.96 Å². The van der Waals surface area contributed by atoms with Gasteiger partial charge in [-0.15, -0.1) is 11.3 Å². The highest BCUT2D eigenvalue weighted by atomic mass is 32.1. The van der Waals surface area contributed by atoms with Gasteiger partial charge in [0.2, 0.25) is 0 Å². The normalized spacial score (nSPS) is 13.6. The van der Waals surface area contributed by atoms with E-state index in [1.54, 1.807) is 11.3 Å². The fourth-order valence-electron chi connectivity index (χ4n) is 4.96. The molecule has 0 radical (unpaired) electrons. The van der Waals surface area contributed by atoms with Crippen molar-refractivity contribution in [2.24, 2.45) is 0 Å². The van der Waals surface area contributed by atoms with Crippen LogP contribution in [-0.4, -0.2) is 9.38 Å². The third-order valence-electron chi connectivity index (χ3n) is 7.03. The first-order chi connectivity index (χ1) is 15.7. The number of imidazole rings is 1. The predicted molar refractivity (Wildman–Crippen MR) is 141 cm³/mol. The third kappa shape index (κ3) is 7.47. The maximum atomic E-state index is 4.46. The Kier molecular flexibility index (Phi) is 10.8. The minimum Gasteiger partial charge on any atom is -0.294 e. The van der Waals surface area contributed by atoms with Crippen molar-refractivity contribution in [1.29, 1.82) is 0 Å². The van der Waals surface area contributed by atoms with Crippen molar-refractivity contribution < 1.29 is 0 Å². The summed E-state index contributed by atoms with van der Waals surface area (Å²) in [5.41, 5.74) is 4.49. The van der Waals surface area contributed by atoms with Crippen molar-refractivity contribution in [2.75, 3.05) is 0 Å². The van der Waals surface area contributed by atoms with Crippen molar-refractivity contribution in [3.63, 3.8) is 0 Å². The zero-order valence-electron chi connectivity index (χ0n) is 20.7. The van der Waals surface area contributed by atoms with Gasteiger partial charge in [0.25, 0.3) is 0 Å². The number of rotatable bonds is 16. The second kappa shape index (κ2) is 13.8. The molecular formula is C29H44N2S. The van der Waals surface area contributed by atoms with Gasteiger partial charge in [0.15, 0.2) is 4.96 Å². The summed E-state index contributed by atoms with van der Waals surface area (Å²) < 4.78 is 2.30. The zero-order valence-corrected chi connectivity index (χ0v) is 21.5. The summed E-state index contributed by atoms with van der Waals surface area (Å²) in [6, 6.07) is 9.53. The summed E-state index contributed by atoms with van der Waals surface area (Å²) in [5.74, 6) is 1.29. The van der Waals surface area contributed by atoms with Crippen LogP contribution >= 0.6 is 11.3 Å². The molecule has 2 heterocycles. The molecule has 0 aliphatic carbocycles. The first-order valence-electron chi connectivity index (χ1n) is 13.2. The Bertz CT molecular complexity index is 876. The molecule has 0 aliphatic rings. The Labute approximate surface area is 200 Å². The summed E-state index contributed by atoms with van der Waals surface area (Å²) in [6.45, 7) is 7.00. The van der Waals surface area contributed by atoms with E-state index in [9.17, 15) is 0 Å². The van der Waals surface area contributed by atoms with Gasteiger partial charge in [-0.1, -0.05) is 96.4 Å². The van der Waals surface area contributed by atoms with Gasteiger partial charge in [0, 0.05) is 29.4 Å². The molecule has 0 saturated carbocycles. The molecule has 3 aromatic rings. The van der Waals surface area contributed by atoms with Gasteiger partial charge in [-0.3, -0.25) is 4.40 Å². The standard InChI is InChI=1S/C29H44N2S/c1-4-6-7-8-9-10-11-15-25-17-19-26(20-18-25)24(3)14-12-16-27(13-5-2)28-23-32-29-30-21-22-31(28)29/h17-24,27H,4-16H2,1-3H3. The molecule has 1 aromatic carbocycles. The van der Waals surface area contributed by atoms with E-state index < -0.39 is 0 Å². The van der Waals surface area contributed by atoms with E-state index in [-0.39, 0.29) is 0 Å². The molecular weight excluding hydrogens is 408 g/mol. The molecule has 176 valence electrons. The summed E-state index contributed by atoms with van der Waals surface area (Å²) in [7, 11) is 0. The maximum absolute atomic E-state index is 4.46. The highest BCUT2D eigenvalue weighted by molar-refractivity contribution is 7.15. The number of aryl methyl sites for hydroxylation is 1. The molecule has 0 N–H and O–H groups in total. The molecule has 2 nitrogen and oxygen atoms in total. The van der Waals surface area contributed by atoms with Crippen LogP contribution in [0.4, 0.5) is 0 Å². The number of hydrogen-bond donors (Lipinski definition) is 0. The van der Waals surface area contributed by atoms with Crippen LogP contribution in [0.2, 0.25) is 0 Å². The molecule has 2 atom stereocenters. The number of unbranched alkanes of at least 4 members (excludes halogenated alkanes) is 6. The quantitative estimate of drug-likeness (QED) is 0.198. The summed E-state index contributed by atoms with van der Waals surface area (Å²) >= 11 is 1.78. The Balaban J connectivity index is 1.40. The van der Waals surface area contributed by atoms with Crippen LogP contribution in [0.25, 0.3) is 4.96 Å². The Hall–Kier alpha value is -1.61. The van der Waals surface area contributed by atoms with E-state index in [1.165, 1.54) is 100 Å². The number of aromatic nitrogens is 2. The topological polar surface area (TPSA) is 17.3 Å². The van der Waals surface area contributed by atoms with Gasteiger partial charge in [0.05, 0.1) is 0 Å². The minimum atomic E-state index is 0.639. The molecule has 3 heteroatoms. The number of fused-ring (bicyclic) bond motifs is 1. The van der Waals surface area contributed by atoms with E-state index >= 15 is 0 Å². The second-order valence-electron chi connectivity index (χ2n) is 9.67. The van der Waals surface area contributed by atoms with Crippen molar-refractivity contribution in [3.05, 3.63) is 58.9 Å². The van der Waals surface area contributed by atoms with E-state index in [4.69, 9.17) is 0 Å². The molecule has 2 unspecified atom stereocenters. The fourth-order valence-corrected chi connectivity index (χ4v) is 5.89. The lowest BCUT2D eigenvalue weighted by Crippen LogP contribution is -2.03. The summed E-state index contributed by atoms with van der Waals surface area (Å²) in [6.07, 6.45) is 21.4. The summed E-state index contributed by atoms with van der Waals surface area (Å²) in [5, 5.41) is 2.33. The maximum Gasteiger partial charge on any atom is 0.193 e. The number of benzene rings is 1. The first kappa shape index (κ1) is 25.0. The Morgan fingerprint density at radius 2 is 1.59 bits per heavy atom. The molecule has 3 rings (SSSR count). The van der Waals surface area contributed by atoms with Crippen LogP contribution in [0.5, 0.6) is 0 Å². The Morgan fingerprint density at radius 3 is 2.34 bits per heavy atom. The lowest BCUT2D eigenvalue weighted by Gasteiger charge is -2.18. The highest BCUT2D eigenvalue weighted by Gasteiger charge is 2.16. The molecule has 0 spiro atoms. The molecule has 0 amide bonds. The van der Waals surface area contributed by atoms with Gasteiger partial charge >= 0.3 is 0 Å². The van der Waals surface area contributed by atoms with Crippen LogP contribution in [0.3, 0.4) is 0 Å². The van der Waals surface area contributed by atoms with Crippen molar-refractivity contribution in [2.45, 2.75) is 116 Å². The van der Waals surface area contributed by atoms with Crippen LogP contribution in [0.15, 0.2) is 42.0 Å². The van der Waals surface area contributed by atoms with Crippen LogP contribution < -0.4 is 0 Å². The average molecular weight is 453 g/mol.